The molecule has 0 unspecified atom stereocenters. The third kappa shape index (κ3) is 4.89. The summed E-state index contributed by atoms with van der Waals surface area (Å²) in [7, 11) is 2.94. The molecule has 2 rings (SSSR count). The zero-order valence-electron chi connectivity index (χ0n) is 16.0. The van der Waals surface area contributed by atoms with Gasteiger partial charge in [0.05, 0.1) is 19.9 Å². The predicted octanol–water partition coefficient (Wildman–Crippen LogP) is 3.83. The number of phenols is 1. The van der Waals surface area contributed by atoms with Crippen LogP contribution in [-0.2, 0) is 5.41 Å². The number of aromatic hydroxyl groups is 1. The van der Waals surface area contributed by atoms with Crippen molar-refractivity contribution in [3.8, 4) is 17.2 Å². The maximum atomic E-state index is 12.7. The van der Waals surface area contributed by atoms with Crippen LogP contribution < -0.4 is 20.1 Å². The molecule has 0 heterocycles. The van der Waals surface area contributed by atoms with Gasteiger partial charge in [-0.25, -0.2) is 0 Å². The van der Waals surface area contributed by atoms with Gasteiger partial charge < -0.3 is 19.9 Å². The first kappa shape index (κ1) is 20.5. The van der Waals surface area contributed by atoms with Gasteiger partial charge in [0.2, 0.25) is 0 Å². The van der Waals surface area contributed by atoms with Crippen LogP contribution in [0.4, 0.5) is 5.69 Å². The third-order valence-electron chi connectivity index (χ3n) is 3.99. The highest BCUT2D eigenvalue weighted by Crippen LogP contribution is 2.31. The fraction of sp³-hybridized carbons (Fsp3) is 0.300. The largest absolute Gasteiger partial charge is 0.506 e. The minimum atomic E-state index is -0.478. The van der Waals surface area contributed by atoms with Crippen LogP contribution in [0.15, 0.2) is 36.4 Å². The number of phenolic OH excluding ortho intramolecular Hbond substituents is 1. The van der Waals surface area contributed by atoms with E-state index in [2.05, 4.69) is 31.4 Å². The number of amides is 1. The van der Waals surface area contributed by atoms with Crippen molar-refractivity contribution in [3.05, 3.63) is 47.5 Å². The van der Waals surface area contributed by atoms with Crippen molar-refractivity contribution in [2.24, 2.45) is 0 Å². The van der Waals surface area contributed by atoms with Gasteiger partial charge in [-0.2, -0.15) is 0 Å². The second kappa shape index (κ2) is 8.26. The quantitative estimate of drug-likeness (QED) is 0.546. The molecule has 1 amide bonds. The van der Waals surface area contributed by atoms with Crippen LogP contribution >= 0.6 is 12.2 Å². The molecule has 0 atom stereocenters. The highest BCUT2D eigenvalue weighted by molar-refractivity contribution is 7.80. The molecule has 0 spiro atoms. The highest BCUT2D eigenvalue weighted by atomic mass is 32.1. The van der Waals surface area contributed by atoms with Gasteiger partial charge in [0.15, 0.2) is 5.11 Å². The summed E-state index contributed by atoms with van der Waals surface area (Å²) in [6, 6.07) is 10.3. The molecule has 0 radical (unpaired) electrons. The number of carbonyl (C=O) groups is 1. The first-order valence-corrected chi connectivity index (χ1v) is 8.75. The lowest BCUT2D eigenvalue weighted by atomic mass is 9.87. The Bertz CT molecular complexity index is 837. The monoisotopic (exact) mass is 388 g/mol. The maximum Gasteiger partial charge on any atom is 0.264 e. The Kier molecular flexibility index (Phi) is 6.28. The Morgan fingerprint density at radius 3 is 2.19 bits per heavy atom. The van der Waals surface area contributed by atoms with Crippen LogP contribution in [0.5, 0.6) is 17.2 Å². The van der Waals surface area contributed by atoms with Crippen molar-refractivity contribution in [2.45, 2.75) is 26.2 Å². The maximum absolute atomic E-state index is 12.7. The SMILES string of the molecule is COc1cccc(OC)c1C(=O)NC(=S)Nc1cc(C(C)(C)C)ccc1O. The lowest BCUT2D eigenvalue weighted by molar-refractivity contribution is 0.0971. The molecule has 0 saturated heterocycles. The van der Waals surface area contributed by atoms with Crippen molar-refractivity contribution in [3.63, 3.8) is 0 Å². The molecule has 27 heavy (non-hydrogen) atoms. The number of ether oxygens (including phenoxy) is 2. The number of hydrogen-bond donors (Lipinski definition) is 3. The molecule has 2 aromatic rings. The molecule has 0 fully saturated rings. The van der Waals surface area contributed by atoms with E-state index in [1.165, 1.54) is 14.2 Å². The second-order valence-corrected chi connectivity index (χ2v) is 7.34. The van der Waals surface area contributed by atoms with Gasteiger partial charge in [-0.05, 0) is 47.5 Å². The first-order chi connectivity index (χ1) is 12.7. The normalized spacial score (nSPS) is 10.9. The number of thiocarbonyl (C=S) groups is 1. The van der Waals surface area contributed by atoms with E-state index in [0.717, 1.165) is 5.56 Å². The zero-order chi connectivity index (χ0) is 20.2. The van der Waals surface area contributed by atoms with Crippen molar-refractivity contribution < 1.29 is 19.4 Å². The van der Waals surface area contributed by atoms with Crippen LogP contribution in [-0.4, -0.2) is 30.3 Å². The second-order valence-electron chi connectivity index (χ2n) is 6.93. The Labute approximate surface area is 164 Å². The number of nitrogens with one attached hydrogen (secondary N) is 2. The van der Waals surface area contributed by atoms with Crippen molar-refractivity contribution >= 4 is 28.9 Å². The molecule has 6 nitrogen and oxygen atoms in total. The van der Waals surface area contributed by atoms with Crippen LogP contribution in [0.3, 0.4) is 0 Å². The van der Waals surface area contributed by atoms with E-state index in [4.69, 9.17) is 21.7 Å². The molecule has 2 aromatic carbocycles. The summed E-state index contributed by atoms with van der Waals surface area (Å²) in [6.07, 6.45) is 0. The summed E-state index contributed by atoms with van der Waals surface area (Å²) in [4.78, 5) is 12.7. The van der Waals surface area contributed by atoms with Crippen LogP contribution in [0.2, 0.25) is 0 Å². The topological polar surface area (TPSA) is 79.8 Å². The smallest absolute Gasteiger partial charge is 0.264 e. The third-order valence-corrected chi connectivity index (χ3v) is 4.20. The van der Waals surface area contributed by atoms with Gasteiger partial charge in [-0.15, -0.1) is 0 Å². The summed E-state index contributed by atoms with van der Waals surface area (Å²) >= 11 is 5.23. The molecule has 144 valence electrons. The Hall–Kier alpha value is -2.80. The minimum absolute atomic E-state index is 0.0365. The fourth-order valence-corrected chi connectivity index (χ4v) is 2.70. The Morgan fingerprint density at radius 2 is 1.67 bits per heavy atom. The average molecular weight is 388 g/mol. The van der Waals surface area contributed by atoms with Gasteiger partial charge in [0, 0.05) is 0 Å². The van der Waals surface area contributed by atoms with E-state index in [1.807, 2.05) is 6.07 Å². The van der Waals surface area contributed by atoms with E-state index >= 15 is 0 Å². The first-order valence-electron chi connectivity index (χ1n) is 8.34. The van der Waals surface area contributed by atoms with Crippen LogP contribution in [0, 0.1) is 0 Å². The lowest BCUT2D eigenvalue weighted by Crippen LogP contribution is -2.34. The molecule has 0 saturated carbocycles. The van der Waals surface area contributed by atoms with Crippen LogP contribution in [0.1, 0.15) is 36.7 Å². The zero-order valence-corrected chi connectivity index (χ0v) is 16.9. The fourth-order valence-electron chi connectivity index (χ4n) is 2.50. The molecule has 0 aliphatic rings. The minimum Gasteiger partial charge on any atom is -0.506 e. The summed E-state index contributed by atoms with van der Waals surface area (Å²) < 4.78 is 10.5. The number of benzene rings is 2. The van der Waals surface area contributed by atoms with E-state index in [-0.39, 0.29) is 21.8 Å². The molecular formula is C20H24N2O4S. The van der Waals surface area contributed by atoms with Crippen molar-refractivity contribution in [2.75, 3.05) is 19.5 Å². The average Bonchev–Trinajstić information content (AvgIpc) is 2.61. The molecule has 0 aromatic heterocycles. The Morgan fingerprint density at radius 1 is 1.07 bits per heavy atom. The van der Waals surface area contributed by atoms with E-state index in [9.17, 15) is 9.90 Å². The summed E-state index contributed by atoms with van der Waals surface area (Å²) in [5, 5.41) is 15.6. The van der Waals surface area contributed by atoms with Gasteiger partial charge in [0.1, 0.15) is 22.8 Å². The van der Waals surface area contributed by atoms with Crippen molar-refractivity contribution in [1.82, 2.24) is 5.32 Å². The standard InChI is InChI=1S/C20H24N2O4S/c1-20(2,3)12-9-10-14(23)13(11-12)21-19(27)22-18(24)17-15(25-4)7-6-8-16(17)26-5/h6-11,23H,1-5H3,(H2,21,22,24,27). The number of hydrogen-bond acceptors (Lipinski definition) is 5. The Balaban J connectivity index is 2.21. The molecule has 3 N–H and O–H groups in total. The highest BCUT2D eigenvalue weighted by Gasteiger charge is 2.20. The molecule has 7 heteroatoms. The summed E-state index contributed by atoms with van der Waals surface area (Å²) in [5.74, 6) is 0.294. The van der Waals surface area contributed by atoms with E-state index < -0.39 is 5.91 Å². The molecule has 0 aliphatic heterocycles. The predicted molar refractivity (Wildman–Crippen MR) is 110 cm³/mol. The number of methoxy groups -OCH3 is 2. The van der Waals surface area contributed by atoms with Gasteiger partial charge in [-0.1, -0.05) is 32.9 Å². The van der Waals surface area contributed by atoms with Gasteiger partial charge >= 0.3 is 0 Å². The van der Waals surface area contributed by atoms with Gasteiger partial charge in [0.25, 0.3) is 5.91 Å². The number of anilines is 1. The van der Waals surface area contributed by atoms with Crippen LogP contribution in [0.25, 0.3) is 0 Å². The number of carbonyl (C=O) groups excluding carboxylic acids is 1. The molecular weight excluding hydrogens is 364 g/mol. The van der Waals surface area contributed by atoms with Gasteiger partial charge in [-0.3, -0.25) is 10.1 Å². The number of rotatable bonds is 4. The lowest BCUT2D eigenvalue weighted by Gasteiger charge is -2.21. The van der Waals surface area contributed by atoms with E-state index in [1.54, 1.807) is 30.3 Å². The molecule has 0 bridgehead atoms. The summed E-state index contributed by atoms with van der Waals surface area (Å²) in [6.45, 7) is 6.20. The van der Waals surface area contributed by atoms with E-state index in [0.29, 0.717) is 17.2 Å². The summed E-state index contributed by atoms with van der Waals surface area (Å²) in [5.41, 5.74) is 1.57. The molecule has 0 aliphatic carbocycles. The van der Waals surface area contributed by atoms with Crippen molar-refractivity contribution in [1.29, 1.82) is 0 Å².